The third kappa shape index (κ3) is 4.16. The van der Waals surface area contributed by atoms with Crippen LogP contribution in [0.2, 0.25) is 5.02 Å². The highest BCUT2D eigenvalue weighted by molar-refractivity contribution is 6.33. The lowest BCUT2D eigenvalue weighted by atomic mass is 9.78. The van der Waals surface area contributed by atoms with E-state index < -0.39 is 0 Å². The van der Waals surface area contributed by atoms with Gasteiger partial charge in [-0.15, -0.1) is 0 Å². The first kappa shape index (κ1) is 21.1. The first-order valence-corrected chi connectivity index (χ1v) is 11.7. The monoisotopic (exact) mass is 449 g/mol. The van der Waals surface area contributed by atoms with E-state index in [-0.39, 0.29) is 17.2 Å². The molecule has 1 N–H and O–H groups in total. The molecule has 166 valence electrons. The number of hydrogen-bond acceptors (Lipinski definition) is 4. The maximum absolute atomic E-state index is 13.1. The van der Waals surface area contributed by atoms with E-state index in [0.29, 0.717) is 16.8 Å². The summed E-state index contributed by atoms with van der Waals surface area (Å²) in [5.74, 6) is 0.909. The lowest BCUT2D eigenvalue weighted by Crippen LogP contribution is -2.27. The topological polar surface area (TPSA) is 72.7 Å². The van der Waals surface area contributed by atoms with E-state index in [1.54, 1.807) is 12.4 Å². The molecule has 0 bridgehead atoms. The SMILES string of the molecule is CC1(C)Cc2c(-c3cc(NC(=O)[C@H]4CCC[C@@H](c5cccnc5)C4)ncc3Cl)cnn2C1. The van der Waals surface area contributed by atoms with Crippen LogP contribution in [0.3, 0.4) is 0 Å². The van der Waals surface area contributed by atoms with Gasteiger partial charge in [0, 0.05) is 47.9 Å². The van der Waals surface area contributed by atoms with E-state index in [0.717, 1.165) is 49.8 Å². The quantitative estimate of drug-likeness (QED) is 0.571. The second kappa shape index (κ2) is 8.32. The number of anilines is 1. The van der Waals surface area contributed by atoms with E-state index >= 15 is 0 Å². The summed E-state index contributed by atoms with van der Waals surface area (Å²) in [5, 5.41) is 8.17. The van der Waals surface area contributed by atoms with Crippen molar-refractivity contribution in [2.24, 2.45) is 11.3 Å². The van der Waals surface area contributed by atoms with Crippen LogP contribution >= 0.6 is 11.6 Å². The highest BCUT2D eigenvalue weighted by atomic mass is 35.5. The molecule has 1 amide bonds. The fraction of sp³-hybridized carbons (Fsp3) is 0.440. The Balaban J connectivity index is 1.33. The second-order valence-electron chi connectivity index (χ2n) is 9.89. The number of hydrogen-bond donors (Lipinski definition) is 1. The van der Waals surface area contributed by atoms with Crippen molar-refractivity contribution in [1.29, 1.82) is 0 Å². The van der Waals surface area contributed by atoms with Gasteiger partial charge in [0.2, 0.25) is 5.91 Å². The molecule has 0 aromatic carbocycles. The lowest BCUT2D eigenvalue weighted by molar-refractivity contribution is -0.120. The number of amides is 1. The molecule has 1 aliphatic carbocycles. The predicted octanol–water partition coefficient (Wildman–Crippen LogP) is 5.49. The van der Waals surface area contributed by atoms with Crippen molar-refractivity contribution in [3.05, 3.63) is 59.3 Å². The van der Waals surface area contributed by atoms with Crippen molar-refractivity contribution in [1.82, 2.24) is 19.7 Å². The molecule has 2 atom stereocenters. The maximum Gasteiger partial charge on any atom is 0.228 e. The fourth-order valence-electron chi connectivity index (χ4n) is 5.16. The highest BCUT2D eigenvalue weighted by Gasteiger charge is 2.32. The average Bonchev–Trinajstić information content (AvgIpc) is 3.30. The largest absolute Gasteiger partial charge is 0.310 e. The maximum atomic E-state index is 13.1. The van der Waals surface area contributed by atoms with Gasteiger partial charge >= 0.3 is 0 Å². The number of aromatic nitrogens is 4. The summed E-state index contributed by atoms with van der Waals surface area (Å²) in [6.45, 7) is 5.39. The fourth-order valence-corrected chi connectivity index (χ4v) is 5.37. The number of halogens is 1. The normalized spacial score (nSPS) is 21.8. The summed E-state index contributed by atoms with van der Waals surface area (Å²) < 4.78 is 2.06. The molecule has 5 rings (SSSR count). The summed E-state index contributed by atoms with van der Waals surface area (Å²) in [5.41, 5.74) is 4.48. The Morgan fingerprint density at radius 2 is 2.09 bits per heavy atom. The van der Waals surface area contributed by atoms with Gasteiger partial charge in [-0.1, -0.05) is 37.9 Å². The molecule has 32 heavy (non-hydrogen) atoms. The van der Waals surface area contributed by atoms with Crippen molar-refractivity contribution in [2.75, 3.05) is 5.32 Å². The highest BCUT2D eigenvalue weighted by Crippen LogP contribution is 2.40. The zero-order chi connectivity index (χ0) is 22.3. The molecule has 2 aliphatic rings. The number of carbonyl (C=O) groups excluding carboxylic acids is 1. The van der Waals surface area contributed by atoms with Crippen molar-refractivity contribution in [3.8, 4) is 11.1 Å². The molecule has 0 saturated heterocycles. The van der Waals surface area contributed by atoms with Crippen LogP contribution in [-0.2, 0) is 17.8 Å². The van der Waals surface area contributed by atoms with Gasteiger partial charge in [-0.2, -0.15) is 5.10 Å². The summed E-state index contributed by atoms with van der Waals surface area (Å²) in [4.78, 5) is 21.7. The molecule has 4 heterocycles. The average molecular weight is 450 g/mol. The molecule has 0 spiro atoms. The minimum atomic E-state index is -0.0314. The molecule has 0 unspecified atom stereocenters. The smallest absolute Gasteiger partial charge is 0.228 e. The van der Waals surface area contributed by atoms with Crippen molar-refractivity contribution >= 4 is 23.3 Å². The number of fused-ring (bicyclic) bond motifs is 1. The van der Waals surface area contributed by atoms with Crippen LogP contribution in [0.25, 0.3) is 11.1 Å². The van der Waals surface area contributed by atoms with Gasteiger partial charge in [-0.3, -0.25) is 14.5 Å². The Morgan fingerprint density at radius 3 is 2.91 bits per heavy atom. The van der Waals surface area contributed by atoms with Crippen LogP contribution in [-0.4, -0.2) is 25.7 Å². The number of rotatable bonds is 4. The van der Waals surface area contributed by atoms with E-state index in [9.17, 15) is 4.79 Å². The zero-order valence-electron chi connectivity index (χ0n) is 18.5. The van der Waals surface area contributed by atoms with Crippen molar-refractivity contribution < 1.29 is 4.79 Å². The third-order valence-electron chi connectivity index (χ3n) is 6.77. The van der Waals surface area contributed by atoms with Gasteiger partial charge in [0.25, 0.3) is 0 Å². The lowest BCUT2D eigenvalue weighted by Gasteiger charge is -2.28. The van der Waals surface area contributed by atoms with Crippen molar-refractivity contribution in [2.45, 2.75) is 58.4 Å². The van der Waals surface area contributed by atoms with Gasteiger partial charge in [0.1, 0.15) is 5.82 Å². The Hall–Kier alpha value is -2.73. The van der Waals surface area contributed by atoms with Crippen LogP contribution in [0.1, 0.15) is 56.7 Å². The molecule has 1 fully saturated rings. The van der Waals surface area contributed by atoms with Gasteiger partial charge in [-0.05, 0) is 54.7 Å². The Labute approximate surface area is 193 Å². The summed E-state index contributed by atoms with van der Waals surface area (Å²) in [7, 11) is 0. The molecule has 6 nitrogen and oxygen atoms in total. The second-order valence-corrected chi connectivity index (χ2v) is 10.3. The standard InChI is InChI=1S/C25H28ClN5O/c1-25(2)11-22-20(13-29-31(22)15-25)19-10-23(28-14-21(19)26)30-24(32)17-6-3-5-16(9-17)18-7-4-8-27-12-18/h4,7-8,10,12-14,16-17H,3,5-6,9,11,15H2,1-2H3,(H,28,30,32)/t16-,17+/m1/s1. The van der Waals surface area contributed by atoms with E-state index in [2.05, 4.69) is 45.0 Å². The number of nitrogens with one attached hydrogen (secondary N) is 1. The minimum absolute atomic E-state index is 0.0285. The van der Waals surface area contributed by atoms with E-state index in [1.807, 2.05) is 24.5 Å². The van der Waals surface area contributed by atoms with Gasteiger partial charge in [0.15, 0.2) is 0 Å². The van der Waals surface area contributed by atoms with Gasteiger partial charge < -0.3 is 5.32 Å². The first-order chi connectivity index (χ1) is 15.4. The molecular weight excluding hydrogens is 422 g/mol. The summed E-state index contributed by atoms with van der Waals surface area (Å²) in [6.07, 6.45) is 12.0. The van der Waals surface area contributed by atoms with Crippen LogP contribution in [0.15, 0.2) is 43.0 Å². The molecular formula is C25H28ClN5O. The third-order valence-corrected chi connectivity index (χ3v) is 7.07. The molecule has 7 heteroatoms. The minimum Gasteiger partial charge on any atom is -0.310 e. The molecule has 3 aromatic rings. The number of nitrogens with zero attached hydrogens (tertiary/aromatic N) is 4. The van der Waals surface area contributed by atoms with Crippen LogP contribution in [0.5, 0.6) is 0 Å². The Kier molecular flexibility index (Phi) is 5.49. The Bertz CT molecular complexity index is 1140. The van der Waals surface area contributed by atoms with Crippen molar-refractivity contribution in [3.63, 3.8) is 0 Å². The molecule has 3 aromatic heterocycles. The van der Waals surface area contributed by atoms with E-state index in [4.69, 9.17) is 11.6 Å². The predicted molar refractivity (Wildman–Crippen MR) is 126 cm³/mol. The van der Waals surface area contributed by atoms with Gasteiger partial charge in [-0.25, -0.2) is 4.98 Å². The number of carbonyl (C=O) groups is 1. The molecule has 1 aliphatic heterocycles. The van der Waals surface area contributed by atoms with E-state index in [1.165, 1.54) is 11.3 Å². The molecule has 1 saturated carbocycles. The van der Waals surface area contributed by atoms with Gasteiger partial charge in [0.05, 0.1) is 11.2 Å². The van der Waals surface area contributed by atoms with Crippen LogP contribution < -0.4 is 5.32 Å². The zero-order valence-corrected chi connectivity index (χ0v) is 19.3. The number of pyridine rings is 2. The van der Waals surface area contributed by atoms with Crippen LogP contribution in [0, 0.1) is 11.3 Å². The summed E-state index contributed by atoms with van der Waals surface area (Å²) >= 11 is 6.51. The van der Waals surface area contributed by atoms with Crippen LogP contribution in [0.4, 0.5) is 5.82 Å². The molecule has 0 radical (unpaired) electrons. The Morgan fingerprint density at radius 1 is 1.22 bits per heavy atom. The summed E-state index contributed by atoms with van der Waals surface area (Å²) in [6, 6.07) is 5.95. The first-order valence-electron chi connectivity index (χ1n) is 11.3.